The third kappa shape index (κ3) is 3.49. The summed E-state index contributed by atoms with van der Waals surface area (Å²) in [6.45, 7) is 0.370. The molecule has 2 rings (SSSR count). The molecule has 0 spiro atoms. The van der Waals surface area contributed by atoms with Gasteiger partial charge < -0.3 is 9.47 Å². The molecule has 19 heavy (non-hydrogen) atoms. The molecule has 2 aromatic rings. The van der Waals surface area contributed by atoms with Crippen LogP contribution in [0.1, 0.15) is 15.2 Å². The minimum atomic E-state index is 0.370. The van der Waals surface area contributed by atoms with Gasteiger partial charge in [0.2, 0.25) is 0 Å². The van der Waals surface area contributed by atoms with Gasteiger partial charge in [0.15, 0.2) is 17.8 Å². The molecule has 0 saturated carbocycles. The molecule has 100 valence electrons. The molecule has 0 aliphatic rings. The molecule has 0 radical (unpaired) electrons. The zero-order chi connectivity index (χ0) is 13.8. The van der Waals surface area contributed by atoms with E-state index in [-0.39, 0.29) is 0 Å². The van der Waals surface area contributed by atoms with E-state index in [2.05, 4.69) is 15.9 Å². The molecule has 1 aromatic heterocycles. The minimum absolute atomic E-state index is 0.370. The average molecular weight is 362 g/mol. The number of methoxy groups -OCH3 is 1. The van der Waals surface area contributed by atoms with E-state index in [9.17, 15) is 4.79 Å². The highest BCUT2D eigenvalue weighted by molar-refractivity contribution is 9.10. The Bertz CT molecular complexity index is 598. The van der Waals surface area contributed by atoms with Crippen LogP contribution < -0.4 is 9.47 Å². The Morgan fingerprint density at radius 1 is 1.42 bits per heavy atom. The highest BCUT2D eigenvalue weighted by atomic mass is 79.9. The van der Waals surface area contributed by atoms with Crippen LogP contribution >= 0.6 is 38.9 Å². The van der Waals surface area contributed by atoms with Crippen LogP contribution in [0.3, 0.4) is 0 Å². The zero-order valence-electron chi connectivity index (χ0n) is 9.98. The molecule has 0 aliphatic heterocycles. The number of carbonyl (C=O) groups excluding carboxylic acids is 1. The van der Waals surface area contributed by atoms with E-state index in [1.165, 1.54) is 7.11 Å². The maximum Gasteiger partial charge on any atom is 0.172 e. The summed E-state index contributed by atoms with van der Waals surface area (Å²) < 4.78 is 11.9. The van der Waals surface area contributed by atoms with Gasteiger partial charge in [-0.2, -0.15) is 0 Å². The Morgan fingerprint density at radius 2 is 2.21 bits per heavy atom. The number of thiophene rings is 1. The van der Waals surface area contributed by atoms with E-state index in [4.69, 9.17) is 21.1 Å². The van der Waals surface area contributed by atoms with Crippen molar-refractivity contribution in [3.05, 3.63) is 43.5 Å². The standard InChI is InChI=1S/C13H10BrClO3S/c1-17-12-4-10(15)2-8(5-16)13(12)18-6-11-3-9(14)7-19-11/h2-5,7H,6H2,1H3. The summed E-state index contributed by atoms with van der Waals surface area (Å²) in [6.07, 6.45) is 0.702. The number of aldehydes is 1. The van der Waals surface area contributed by atoms with Gasteiger partial charge in [0.05, 0.1) is 12.7 Å². The lowest BCUT2D eigenvalue weighted by molar-refractivity contribution is 0.111. The Balaban J connectivity index is 2.25. The van der Waals surface area contributed by atoms with Crippen molar-refractivity contribution in [2.45, 2.75) is 6.61 Å². The second-order valence-corrected chi connectivity index (χ2v) is 6.01. The summed E-state index contributed by atoms with van der Waals surface area (Å²) in [6, 6.07) is 5.14. The minimum Gasteiger partial charge on any atom is -0.493 e. The summed E-state index contributed by atoms with van der Waals surface area (Å²) in [5, 5.41) is 2.41. The van der Waals surface area contributed by atoms with Crippen LogP contribution in [-0.2, 0) is 6.61 Å². The van der Waals surface area contributed by atoms with Gasteiger partial charge in [-0.3, -0.25) is 4.79 Å². The van der Waals surface area contributed by atoms with Crippen LogP contribution in [-0.4, -0.2) is 13.4 Å². The molecular formula is C13H10BrClO3S. The Kier molecular flexibility index (Phi) is 4.85. The first kappa shape index (κ1) is 14.4. The monoisotopic (exact) mass is 360 g/mol. The Hall–Kier alpha value is -1.04. The molecule has 0 amide bonds. The van der Waals surface area contributed by atoms with Crippen LogP contribution in [0.5, 0.6) is 11.5 Å². The molecule has 0 aliphatic carbocycles. The Labute approximate surface area is 128 Å². The van der Waals surface area contributed by atoms with Gasteiger partial charge in [-0.1, -0.05) is 11.6 Å². The lowest BCUT2D eigenvalue weighted by Gasteiger charge is -2.12. The van der Waals surface area contributed by atoms with Crippen LogP contribution in [0.4, 0.5) is 0 Å². The first-order chi connectivity index (χ1) is 9.13. The van der Waals surface area contributed by atoms with E-state index >= 15 is 0 Å². The lowest BCUT2D eigenvalue weighted by atomic mass is 10.2. The molecule has 3 nitrogen and oxygen atoms in total. The summed E-state index contributed by atoms with van der Waals surface area (Å²) in [5.74, 6) is 0.858. The predicted octanol–water partition coefficient (Wildman–Crippen LogP) is 4.56. The van der Waals surface area contributed by atoms with Gasteiger partial charge >= 0.3 is 0 Å². The molecule has 0 N–H and O–H groups in total. The van der Waals surface area contributed by atoms with Gasteiger partial charge in [-0.15, -0.1) is 11.3 Å². The molecule has 0 atom stereocenters. The van der Waals surface area contributed by atoms with Gasteiger partial charge in [-0.25, -0.2) is 0 Å². The van der Waals surface area contributed by atoms with Crippen molar-refractivity contribution in [3.63, 3.8) is 0 Å². The normalized spacial score (nSPS) is 10.3. The number of rotatable bonds is 5. The Morgan fingerprint density at radius 3 is 2.79 bits per heavy atom. The predicted molar refractivity (Wildman–Crippen MR) is 79.7 cm³/mol. The van der Waals surface area contributed by atoms with Crippen LogP contribution in [0.2, 0.25) is 5.02 Å². The SMILES string of the molecule is COc1cc(Cl)cc(C=O)c1OCc1cc(Br)cs1. The molecule has 0 fully saturated rings. The molecule has 0 saturated heterocycles. The topological polar surface area (TPSA) is 35.5 Å². The molecule has 1 heterocycles. The third-order valence-corrected chi connectivity index (χ3v) is 4.27. The fourth-order valence-corrected chi connectivity index (χ4v) is 3.13. The fourth-order valence-electron chi connectivity index (χ4n) is 1.56. The number of halogens is 2. The molecule has 6 heteroatoms. The van der Waals surface area contributed by atoms with E-state index in [0.29, 0.717) is 35.0 Å². The van der Waals surface area contributed by atoms with E-state index in [0.717, 1.165) is 9.35 Å². The molecule has 0 bridgehead atoms. The first-order valence-corrected chi connectivity index (χ1v) is 7.37. The lowest BCUT2D eigenvalue weighted by Crippen LogP contribution is -1.99. The van der Waals surface area contributed by atoms with Gasteiger partial charge in [-0.05, 0) is 28.1 Å². The first-order valence-electron chi connectivity index (χ1n) is 5.32. The number of hydrogen-bond acceptors (Lipinski definition) is 4. The number of benzene rings is 1. The van der Waals surface area contributed by atoms with E-state index < -0.39 is 0 Å². The van der Waals surface area contributed by atoms with Crippen LogP contribution in [0.15, 0.2) is 28.1 Å². The van der Waals surface area contributed by atoms with Crippen LogP contribution in [0.25, 0.3) is 0 Å². The zero-order valence-corrected chi connectivity index (χ0v) is 13.1. The highest BCUT2D eigenvalue weighted by Gasteiger charge is 2.13. The largest absolute Gasteiger partial charge is 0.493 e. The summed E-state index contributed by atoms with van der Waals surface area (Å²) >= 11 is 10.9. The number of carbonyl (C=O) groups is 1. The van der Waals surface area contributed by atoms with Crippen molar-refractivity contribution in [1.82, 2.24) is 0 Å². The summed E-state index contributed by atoms with van der Waals surface area (Å²) in [5.41, 5.74) is 0.375. The molecular weight excluding hydrogens is 352 g/mol. The van der Waals surface area contributed by atoms with Gasteiger partial charge in [0, 0.05) is 25.8 Å². The maximum atomic E-state index is 11.1. The van der Waals surface area contributed by atoms with Crippen molar-refractivity contribution < 1.29 is 14.3 Å². The van der Waals surface area contributed by atoms with Gasteiger partial charge in [0.25, 0.3) is 0 Å². The van der Waals surface area contributed by atoms with E-state index in [1.807, 2.05) is 11.4 Å². The summed E-state index contributed by atoms with van der Waals surface area (Å²) in [4.78, 5) is 12.1. The quantitative estimate of drug-likeness (QED) is 0.732. The van der Waals surface area contributed by atoms with Crippen molar-refractivity contribution >= 4 is 45.2 Å². The smallest absolute Gasteiger partial charge is 0.172 e. The fraction of sp³-hybridized carbons (Fsp3) is 0.154. The molecule has 0 unspecified atom stereocenters. The van der Waals surface area contributed by atoms with Crippen molar-refractivity contribution in [1.29, 1.82) is 0 Å². The van der Waals surface area contributed by atoms with Gasteiger partial charge in [0.1, 0.15) is 6.61 Å². The maximum absolute atomic E-state index is 11.1. The average Bonchev–Trinajstić information content (AvgIpc) is 2.81. The van der Waals surface area contributed by atoms with Crippen molar-refractivity contribution in [3.8, 4) is 11.5 Å². The number of hydrogen-bond donors (Lipinski definition) is 0. The molecule has 1 aromatic carbocycles. The second kappa shape index (κ2) is 6.41. The van der Waals surface area contributed by atoms with E-state index in [1.54, 1.807) is 23.5 Å². The second-order valence-electron chi connectivity index (χ2n) is 3.66. The highest BCUT2D eigenvalue weighted by Crippen LogP contribution is 2.34. The third-order valence-electron chi connectivity index (χ3n) is 2.38. The summed E-state index contributed by atoms with van der Waals surface area (Å²) in [7, 11) is 1.51. The van der Waals surface area contributed by atoms with Crippen molar-refractivity contribution in [2.24, 2.45) is 0 Å². The number of ether oxygens (including phenoxy) is 2. The van der Waals surface area contributed by atoms with Crippen molar-refractivity contribution in [2.75, 3.05) is 7.11 Å². The van der Waals surface area contributed by atoms with Crippen LogP contribution in [0, 0.1) is 0 Å².